The Labute approximate surface area is 90.3 Å². The first-order valence-electron chi connectivity index (χ1n) is 5.47. The van der Waals surface area contributed by atoms with Crippen LogP contribution < -0.4 is 0 Å². The number of fused-ring (bicyclic) bond motifs is 1. The van der Waals surface area contributed by atoms with Gasteiger partial charge in [0.2, 0.25) is 0 Å². The van der Waals surface area contributed by atoms with E-state index in [0.29, 0.717) is 5.92 Å². The Hall–Kier alpha value is -1.44. The minimum Gasteiger partial charge on any atom is -0.155 e. The van der Waals surface area contributed by atoms with Crippen molar-refractivity contribution >= 4 is 10.9 Å². The molecule has 15 heavy (non-hydrogen) atoms. The van der Waals surface area contributed by atoms with Gasteiger partial charge in [-0.3, -0.25) is 0 Å². The Morgan fingerprint density at radius 1 is 1.13 bits per heavy atom. The molecule has 0 spiro atoms. The summed E-state index contributed by atoms with van der Waals surface area (Å²) >= 11 is 0. The molecule has 0 aliphatic heterocycles. The first-order valence-corrected chi connectivity index (χ1v) is 5.47. The normalized spacial score (nSPS) is 11.2. The lowest BCUT2D eigenvalue weighted by atomic mass is 10.0. The number of benzene rings is 1. The number of aryl methyl sites for hydroxylation is 1. The fourth-order valence-electron chi connectivity index (χ4n) is 1.64. The van der Waals surface area contributed by atoms with Crippen LogP contribution in [0.15, 0.2) is 24.3 Å². The van der Waals surface area contributed by atoms with Gasteiger partial charge in [-0.25, -0.2) is 0 Å². The van der Waals surface area contributed by atoms with Gasteiger partial charge >= 0.3 is 0 Å². The van der Waals surface area contributed by atoms with Crippen molar-refractivity contribution in [2.24, 2.45) is 0 Å². The van der Waals surface area contributed by atoms with Crippen molar-refractivity contribution in [1.82, 2.24) is 10.2 Å². The van der Waals surface area contributed by atoms with Crippen LogP contribution in [0.5, 0.6) is 0 Å². The Morgan fingerprint density at radius 3 is 2.60 bits per heavy atom. The Morgan fingerprint density at radius 2 is 1.93 bits per heavy atom. The van der Waals surface area contributed by atoms with Crippen LogP contribution in [0.4, 0.5) is 0 Å². The summed E-state index contributed by atoms with van der Waals surface area (Å²) in [4.78, 5) is 0. The van der Waals surface area contributed by atoms with E-state index in [1.807, 2.05) is 0 Å². The van der Waals surface area contributed by atoms with Crippen LogP contribution in [0, 0.1) is 0 Å². The van der Waals surface area contributed by atoms with E-state index >= 15 is 0 Å². The lowest BCUT2D eigenvalue weighted by Crippen LogP contribution is -1.93. The van der Waals surface area contributed by atoms with E-state index < -0.39 is 0 Å². The molecule has 1 aromatic heterocycles. The lowest BCUT2D eigenvalue weighted by molar-refractivity contribution is 0.867. The topological polar surface area (TPSA) is 25.8 Å². The monoisotopic (exact) mass is 200 g/mol. The minimum absolute atomic E-state index is 0.563. The summed E-state index contributed by atoms with van der Waals surface area (Å²) in [7, 11) is 0. The maximum Gasteiger partial charge on any atom is 0.0930 e. The average Bonchev–Trinajstić information content (AvgIpc) is 2.27. The van der Waals surface area contributed by atoms with Crippen LogP contribution in [0.3, 0.4) is 0 Å². The van der Waals surface area contributed by atoms with Crippen molar-refractivity contribution in [2.45, 2.75) is 33.1 Å². The van der Waals surface area contributed by atoms with Crippen molar-refractivity contribution in [3.8, 4) is 0 Å². The van der Waals surface area contributed by atoms with Gasteiger partial charge in [-0.05, 0) is 36.1 Å². The highest BCUT2D eigenvalue weighted by molar-refractivity contribution is 5.79. The molecule has 0 N–H and O–H groups in total. The molecule has 0 amide bonds. The van der Waals surface area contributed by atoms with Crippen LogP contribution in [-0.2, 0) is 6.42 Å². The summed E-state index contributed by atoms with van der Waals surface area (Å²) in [6.45, 7) is 6.51. The summed E-state index contributed by atoms with van der Waals surface area (Å²) in [5.41, 5.74) is 3.40. The highest BCUT2D eigenvalue weighted by atomic mass is 15.1. The van der Waals surface area contributed by atoms with Gasteiger partial charge in [0.1, 0.15) is 0 Å². The van der Waals surface area contributed by atoms with Gasteiger partial charge in [0, 0.05) is 5.39 Å². The highest BCUT2D eigenvalue weighted by Gasteiger charge is 2.02. The standard InChI is InChI=1S/C13H16N2/c1-4-12-8-11-7-10(9(2)3)5-6-13(11)15-14-12/h5-9H,4H2,1-3H3. The van der Waals surface area contributed by atoms with Gasteiger partial charge in [0.05, 0.1) is 11.2 Å². The van der Waals surface area contributed by atoms with Crippen molar-refractivity contribution < 1.29 is 0 Å². The van der Waals surface area contributed by atoms with Gasteiger partial charge in [-0.2, -0.15) is 10.2 Å². The van der Waals surface area contributed by atoms with E-state index in [4.69, 9.17) is 0 Å². The van der Waals surface area contributed by atoms with E-state index in [-0.39, 0.29) is 0 Å². The number of hydrogen-bond donors (Lipinski definition) is 0. The molecule has 0 unspecified atom stereocenters. The Bertz CT molecular complexity index is 475. The third kappa shape index (κ3) is 1.99. The zero-order valence-corrected chi connectivity index (χ0v) is 9.49. The van der Waals surface area contributed by atoms with E-state index in [2.05, 4.69) is 55.2 Å². The molecule has 2 heteroatoms. The van der Waals surface area contributed by atoms with Crippen molar-refractivity contribution in [2.75, 3.05) is 0 Å². The van der Waals surface area contributed by atoms with Crippen molar-refractivity contribution in [1.29, 1.82) is 0 Å². The maximum atomic E-state index is 4.20. The third-order valence-corrected chi connectivity index (χ3v) is 2.69. The largest absolute Gasteiger partial charge is 0.155 e. The van der Waals surface area contributed by atoms with E-state index in [1.165, 1.54) is 10.9 Å². The molecule has 0 aliphatic rings. The molecule has 2 nitrogen and oxygen atoms in total. The zero-order chi connectivity index (χ0) is 10.8. The fourth-order valence-corrected chi connectivity index (χ4v) is 1.64. The van der Waals surface area contributed by atoms with Gasteiger partial charge in [-0.15, -0.1) is 0 Å². The van der Waals surface area contributed by atoms with E-state index in [9.17, 15) is 0 Å². The summed E-state index contributed by atoms with van der Waals surface area (Å²) in [6, 6.07) is 8.53. The van der Waals surface area contributed by atoms with Crippen LogP contribution >= 0.6 is 0 Å². The van der Waals surface area contributed by atoms with Gasteiger partial charge < -0.3 is 0 Å². The number of nitrogens with zero attached hydrogens (tertiary/aromatic N) is 2. The molecule has 0 bridgehead atoms. The summed E-state index contributed by atoms with van der Waals surface area (Å²) in [5.74, 6) is 0.563. The van der Waals surface area contributed by atoms with Gasteiger partial charge in [0.15, 0.2) is 0 Å². The second-order valence-electron chi connectivity index (χ2n) is 4.16. The van der Waals surface area contributed by atoms with Gasteiger partial charge in [0.25, 0.3) is 0 Å². The Balaban J connectivity index is 2.57. The summed E-state index contributed by atoms with van der Waals surface area (Å²) < 4.78 is 0. The summed E-state index contributed by atoms with van der Waals surface area (Å²) in [5, 5.41) is 9.55. The van der Waals surface area contributed by atoms with Crippen molar-refractivity contribution in [3.63, 3.8) is 0 Å². The molecule has 0 saturated heterocycles. The molecule has 2 rings (SSSR count). The second kappa shape index (κ2) is 3.97. The molecule has 2 aromatic rings. The second-order valence-corrected chi connectivity index (χ2v) is 4.16. The highest BCUT2D eigenvalue weighted by Crippen LogP contribution is 2.20. The van der Waals surface area contributed by atoms with Gasteiger partial charge in [-0.1, -0.05) is 26.8 Å². The smallest absolute Gasteiger partial charge is 0.0930 e. The van der Waals surface area contributed by atoms with Crippen LogP contribution in [-0.4, -0.2) is 10.2 Å². The number of hydrogen-bond acceptors (Lipinski definition) is 2. The molecular formula is C13H16N2. The SMILES string of the molecule is CCc1cc2cc(C(C)C)ccc2nn1. The minimum atomic E-state index is 0.563. The average molecular weight is 200 g/mol. The molecule has 0 atom stereocenters. The van der Waals surface area contributed by atoms with E-state index in [1.54, 1.807) is 0 Å². The maximum absolute atomic E-state index is 4.20. The van der Waals surface area contributed by atoms with Crippen molar-refractivity contribution in [3.05, 3.63) is 35.5 Å². The predicted molar refractivity (Wildman–Crippen MR) is 63.0 cm³/mol. The first kappa shape index (κ1) is 10.1. The molecule has 0 fully saturated rings. The molecule has 78 valence electrons. The number of aromatic nitrogens is 2. The molecule has 0 radical (unpaired) electrons. The zero-order valence-electron chi connectivity index (χ0n) is 9.49. The Kier molecular flexibility index (Phi) is 2.67. The van der Waals surface area contributed by atoms with Crippen LogP contribution in [0.2, 0.25) is 0 Å². The molecular weight excluding hydrogens is 184 g/mol. The lowest BCUT2D eigenvalue weighted by Gasteiger charge is -2.06. The van der Waals surface area contributed by atoms with Crippen LogP contribution in [0.1, 0.15) is 37.9 Å². The number of rotatable bonds is 2. The molecule has 0 saturated carbocycles. The first-order chi connectivity index (χ1) is 7.20. The quantitative estimate of drug-likeness (QED) is 0.743. The fraction of sp³-hybridized carbons (Fsp3) is 0.385. The molecule has 1 heterocycles. The molecule has 1 aromatic carbocycles. The predicted octanol–water partition coefficient (Wildman–Crippen LogP) is 3.32. The van der Waals surface area contributed by atoms with E-state index in [0.717, 1.165) is 17.6 Å². The molecule has 0 aliphatic carbocycles. The van der Waals surface area contributed by atoms with Crippen LogP contribution in [0.25, 0.3) is 10.9 Å². The summed E-state index contributed by atoms with van der Waals surface area (Å²) in [6.07, 6.45) is 0.939. The third-order valence-electron chi connectivity index (χ3n) is 2.69.